The maximum Gasteiger partial charge on any atom is 0.316 e. The molecule has 0 atom stereocenters. The number of hydrogen-bond donors (Lipinski definition) is 1. The number of hydrogen-bond acceptors (Lipinski definition) is 2. The summed E-state index contributed by atoms with van der Waals surface area (Å²) in [6, 6.07) is 5.60. The average molecular weight is 156 g/mol. The van der Waals surface area contributed by atoms with E-state index < -0.39 is 0 Å². The van der Waals surface area contributed by atoms with Crippen molar-refractivity contribution in [1.82, 2.24) is 4.98 Å². The van der Waals surface area contributed by atoms with Crippen LogP contribution in [0.4, 0.5) is 0 Å². The van der Waals surface area contributed by atoms with Crippen LogP contribution in [0.2, 0.25) is 0 Å². The van der Waals surface area contributed by atoms with Crippen LogP contribution >= 0.6 is 12.6 Å². The molecule has 4 heteroatoms. The molecule has 9 heavy (non-hydrogen) atoms. The van der Waals surface area contributed by atoms with E-state index in [0.717, 1.165) is 5.03 Å². The lowest BCUT2D eigenvalue weighted by Crippen LogP contribution is -1.67. The van der Waals surface area contributed by atoms with E-state index in [1.54, 1.807) is 6.20 Å². The van der Waals surface area contributed by atoms with Gasteiger partial charge in [-0.25, -0.2) is 0 Å². The van der Waals surface area contributed by atoms with Crippen molar-refractivity contribution in [2.75, 3.05) is 0 Å². The highest BCUT2D eigenvalue weighted by Gasteiger charge is 1.74. The standard InChI is InChI=1S/C5H5NS.Mg.H2O.2H/c7-5-3-1-2-4-6-5;;;;/h1-4H,(H,6,7);;1H2;;. The molecule has 1 heterocycles. The van der Waals surface area contributed by atoms with Crippen LogP contribution in [0.5, 0.6) is 0 Å². The van der Waals surface area contributed by atoms with Gasteiger partial charge in [-0.15, -0.1) is 12.6 Å². The van der Waals surface area contributed by atoms with E-state index in [1.807, 2.05) is 18.2 Å². The third-order valence-corrected chi connectivity index (χ3v) is 0.914. The Hall–Kier alpha value is 0.226. The van der Waals surface area contributed by atoms with Gasteiger partial charge in [0.1, 0.15) is 0 Å². The molecule has 0 aromatic carbocycles. The quantitative estimate of drug-likeness (QED) is 0.403. The minimum Gasteiger partial charge on any atom is -0.412 e. The summed E-state index contributed by atoms with van der Waals surface area (Å²) in [5.74, 6) is 0. The molecule has 0 bridgehead atoms. The third-order valence-electron chi connectivity index (χ3n) is 0.649. The summed E-state index contributed by atoms with van der Waals surface area (Å²) in [7, 11) is 0. The van der Waals surface area contributed by atoms with Gasteiger partial charge in [0.15, 0.2) is 0 Å². The molecular weight excluding hydrogens is 146 g/mol. The van der Waals surface area contributed by atoms with E-state index in [1.165, 1.54) is 0 Å². The Bertz CT molecular complexity index is 147. The first-order valence-electron chi connectivity index (χ1n) is 1.99. The summed E-state index contributed by atoms with van der Waals surface area (Å²) in [4.78, 5) is 3.84. The van der Waals surface area contributed by atoms with Gasteiger partial charge in [-0.05, 0) is 12.1 Å². The molecule has 1 rings (SSSR count). The molecule has 0 saturated heterocycles. The lowest BCUT2D eigenvalue weighted by Gasteiger charge is -1.81. The molecule has 2 nitrogen and oxygen atoms in total. The van der Waals surface area contributed by atoms with Crippen LogP contribution < -0.4 is 0 Å². The van der Waals surface area contributed by atoms with Gasteiger partial charge in [0.25, 0.3) is 0 Å². The fourth-order valence-electron chi connectivity index (χ4n) is 0.354. The number of pyridine rings is 1. The molecule has 0 spiro atoms. The summed E-state index contributed by atoms with van der Waals surface area (Å²) in [5.41, 5.74) is 0. The van der Waals surface area contributed by atoms with Gasteiger partial charge in [0, 0.05) is 6.20 Å². The summed E-state index contributed by atoms with van der Waals surface area (Å²) in [5, 5.41) is 0.766. The fourth-order valence-corrected chi connectivity index (χ4v) is 0.506. The molecule has 0 radical (unpaired) electrons. The van der Waals surface area contributed by atoms with Crippen molar-refractivity contribution < 1.29 is 5.48 Å². The second-order valence-corrected chi connectivity index (χ2v) is 1.65. The van der Waals surface area contributed by atoms with E-state index in [0.29, 0.717) is 0 Å². The van der Waals surface area contributed by atoms with Crippen molar-refractivity contribution in [3.8, 4) is 0 Å². The Morgan fingerprint density at radius 1 is 1.33 bits per heavy atom. The van der Waals surface area contributed by atoms with Crippen LogP contribution in [0.1, 0.15) is 0 Å². The smallest absolute Gasteiger partial charge is 0.316 e. The zero-order chi connectivity index (χ0) is 5.11. The second-order valence-electron chi connectivity index (χ2n) is 1.19. The average Bonchev–Trinajstić information content (AvgIpc) is 1.69. The van der Waals surface area contributed by atoms with E-state index in [2.05, 4.69) is 17.6 Å². The molecule has 0 fully saturated rings. The van der Waals surface area contributed by atoms with Gasteiger partial charge < -0.3 is 5.48 Å². The highest BCUT2D eigenvalue weighted by molar-refractivity contribution is 7.80. The predicted molar refractivity (Wildman–Crippen MR) is 43.6 cm³/mol. The molecule has 0 aliphatic rings. The van der Waals surface area contributed by atoms with Gasteiger partial charge in [-0.1, -0.05) is 6.07 Å². The van der Waals surface area contributed by atoms with Gasteiger partial charge in [-0.3, -0.25) is 4.98 Å². The first-order valence-corrected chi connectivity index (χ1v) is 2.44. The Morgan fingerprint density at radius 3 is 2.22 bits per heavy atom. The summed E-state index contributed by atoms with van der Waals surface area (Å²) < 4.78 is 0. The van der Waals surface area contributed by atoms with Gasteiger partial charge in [-0.2, -0.15) is 0 Å². The number of rotatable bonds is 0. The lowest BCUT2D eigenvalue weighted by molar-refractivity contribution is 0.824. The number of thiol groups is 1. The maximum absolute atomic E-state index is 3.97. The largest absolute Gasteiger partial charge is 0.412 e. The summed E-state index contributed by atoms with van der Waals surface area (Å²) >= 11 is 3.97. The normalized spacial score (nSPS) is 6.78. The molecule has 0 amide bonds. The topological polar surface area (TPSA) is 44.4 Å². The second kappa shape index (κ2) is 6.35. The van der Waals surface area contributed by atoms with Crippen molar-refractivity contribution in [2.24, 2.45) is 0 Å². The highest BCUT2D eigenvalue weighted by atomic mass is 32.1. The molecular formula is C5H9MgNOS. The Kier molecular flexibility index (Phi) is 8.43. The fraction of sp³-hybridized carbons (Fsp3) is 0. The van der Waals surface area contributed by atoms with Crippen molar-refractivity contribution in [3.05, 3.63) is 24.4 Å². The third kappa shape index (κ3) is 4.71. The first kappa shape index (κ1) is 12.0. The molecule has 0 unspecified atom stereocenters. The van der Waals surface area contributed by atoms with Crippen molar-refractivity contribution in [2.45, 2.75) is 5.03 Å². The van der Waals surface area contributed by atoms with Crippen LogP contribution in [0.25, 0.3) is 0 Å². The Balaban J connectivity index is 0. The molecule has 2 N–H and O–H groups in total. The number of aromatic nitrogens is 1. The molecule has 1 aromatic heterocycles. The van der Waals surface area contributed by atoms with Crippen LogP contribution in [0, 0.1) is 0 Å². The van der Waals surface area contributed by atoms with Gasteiger partial charge in [0.2, 0.25) is 0 Å². The van der Waals surface area contributed by atoms with E-state index in [4.69, 9.17) is 0 Å². The van der Waals surface area contributed by atoms with Crippen LogP contribution in [-0.4, -0.2) is 33.5 Å². The van der Waals surface area contributed by atoms with Crippen molar-refractivity contribution in [3.63, 3.8) is 0 Å². The van der Waals surface area contributed by atoms with E-state index in [-0.39, 0.29) is 28.5 Å². The molecule has 0 aliphatic heterocycles. The van der Waals surface area contributed by atoms with Crippen LogP contribution in [0.15, 0.2) is 29.4 Å². The summed E-state index contributed by atoms with van der Waals surface area (Å²) in [6.07, 6.45) is 1.71. The zero-order valence-corrected chi connectivity index (χ0v) is 5.10. The SMILES string of the molecule is O.Sc1ccccn1.[MgH2]. The minimum atomic E-state index is 0. The first-order chi connectivity index (χ1) is 3.39. The highest BCUT2D eigenvalue weighted by Crippen LogP contribution is 1.95. The zero-order valence-electron chi connectivity index (χ0n) is 4.20. The van der Waals surface area contributed by atoms with E-state index in [9.17, 15) is 0 Å². The molecule has 48 valence electrons. The monoisotopic (exact) mass is 155 g/mol. The van der Waals surface area contributed by atoms with Crippen molar-refractivity contribution in [1.29, 1.82) is 0 Å². The lowest BCUT2D eigenvalue weighted by atomic mass is 10.5. The van der Waals surface area contributed by atoms with Crippen molar-refractivity contribution >= 4 is 35.7 Å². The molecule has 0 aliphatic carbocycles. The van der Waals surface area contributed by atoms with Gasteiger partial charge >= 0.3 is 23.1 Å². The summed E-state index contributed by atoms with van der Waals surface area (Å²) in [6.45, 7) is 0. The Morgan fingerprint density at radius 2 is 2.00 bits per heavy atom. The van der Waals surface area contributed by atoms with E-state index >= 15 is 0 Å². The van der Waals surface area contributed by atoms with Gasteiger partial charge in [0.05, 0.1) is 5.03 Å². The number of nitrogens with zero attached hydrogens (tertiary/aromatic N) is 1. The molecule has 1 aromatic rings. The maximum atomic E-state index is 3.97. The molecule has 0 saturated carbocycles. The Labute approximate surface area is 75.6 Å². The predicted octanol–water partition coefficient (Wildman–Crippen LogP) is -0.371. The minimum absolute atomic E-state index is 0. The van der Waals surface area contributed by atoms with Crippen LogP contribution in [0.3, 0.4) is 0 Å². The van der Waals surface area contributed by atoms with Crippen LogP contribution in [-0.2, 0) is 0 Å².